The van der Waals surface area contributed by atoms with Crippen molar-refractivity contribution in [3.63, 3.8) is 0 Å². The lowest BCUT2D eigenvalue weighted by molar-refractivity contribution is -0.117. The fourth-order valence-electron chi connectivity index (χ4n) is 3.07. The number of hydrogen-bond donors (Lipinski definition) is 2. The van der Waals surface area contributed by atoms with Crippen molar-refractivity contribution in [3.8, 4) is 11.5 Å². The molecule has 2 aromatic carbocycles. The largest absolute Gasteiger partial charge is 0.455 e. The summed E-state index contributed by atoms with van der Waals surface area (Å²) in [5, 5.41) is 2.65. The lowest BCUT2D eigenvalue weighted by atomic mass is 10.00. The molecule has 0 spiro atoms. The van der Waals surface area contributed by atoms with Gasteiger partial charge in [-0.15, -0.1) is 12.4 Å². The van der Waals surface area contributed by atoms with Crippen molar-refractivity contribution in [1.82, 2.24) is 0 Å². The molecule has 4 nitrogen and oxygen atoms in total. The number of nitrogens with one attached hydrogen (secondary N) is 1. The molecule has 2 aromatic rings. The third kappa shape index (κ3) is 4.94. The molecule has 1 amide bonds. The van der Waals surface area contributed by atoms with Crippen LogP contribution >= 0.6 is 12.4 Å². The van der Waals surface area contributed by atoms with Crippen molar-refractivity contribution in [2.75, 3.05) is 5.32 Å². The maximum atomic E-state index is 14.2. The Morgan fingerprint density at radius 2 is 1.92 bits per heavy atom. The zero-order valence-electron chi connectivity index (χ0n) is 13.8. The van der Waals surface area contributed by atoms with E-state index in [1.165, 1.54) is 6.07 Å². The van der Waals surface area contributed by atoms with Gasteiger partial charge in [0, 0.05) is 12.5 Å². The summed E-state index contributed by atoms with van der Waals surface area (Å²) in [5.74, 6) is 0.268. The second-order valence-electron chi connectivity index (χ2n) is 6.14. The summed E-state index contributed by atoms with van der Waals surface area (Å²) in [6.45, 7) is 0. The maximum absolute atomic E-state index is 14.2. The van der Waals surface area contributed by atoms with Gasteiger partial charge in [-0.25, -0.2) is 4.39 Å². The summed E-state index contributed by atoms with van der Waals surface area (Å²) >= 11 is 0. The highest BCUT2D eigenvalue weighted by molar-refractivity contribution is 5.92. The van der Waals surface area contributed by atoms with E-state index in [0.717, 1.165) is 19.3 Å². The van der Waals surface area contributed by atoms with Gasteiger partial charge < -0.3 is 15.8 Å². The number of halogens is 2. The zero-order valence-corrected chi connectivity index (χ0v) is 14.6. The minimum absolute atomic E-state index is 0. The minimum atomic E-state index is -0.521. The van der Waals surface area contributed by atoms with E-state index in [1.807, 2.05) is 18.2 Å². The Morgan fingerprint density at radius 1 is 1.16 bits per heavy atom. The van der Waals surface area contributed by atoms with Crippen LogP contribution in [0.5, 0.6) is 11.5 Å². The molecule has 3 rings (SSSR count). The number of nitrogens with two attached hydrogens (primary N) is 1. The van der Waals surface area contributed by atoms with Crippen molar-refractivity contribution in [1.29, 1.82) is 0 Å². The Balaban J connectivity index is 0.00000225. The summed E-state index contributed by atoms with van der Waals surface area (Å²) in [7, 11) is 0. The smallest absolute Gasteiger partial charge is 0.224 e. The Morgan fingerprint density at radius 3 is 2.60 bits per heavy atom. The second kappa shape index (κ2) is 8.83. The van der Waals surface area contributed by atoms with Crippen molar-refractivity contribution in [3.05, 3.63) is 54.3 Å². The Kier molecular flexibility index (Phi) is 6.79. The van der Waals surface area contributed by atoms with Gasteiger partial charge in [0.2, 0.25) is 5.91 Å². The number of hydrogen-bond acceptors (Lipinski definition) is 3. The summed E-state index contributed by atoms with van der Waals surface area (Å²) in [6.07, 6.45) is 3.24. The number of carbonyl (C=O) groups is 1. The van der Waals surface area contributed by atoms with Crippen molar-refractivity contribution < 1.29 is 13.9 Å². The highest BCUT2D eigenvalue weighted by Gasteiger charge is 2.26. The molecule has 1 fully saturated rings. The molecule has 0 unspecified atom stereocenters. The molecule has 1 aliphatic carbocycles. The van der Waals surface area contributed by atoms with E-state index in [1.54, 1.807) is 24.3 Å². The average Bonchev–Trinajstić information content (AvgIpc) is 2.97. The van der Waals surface area contributed by atoms with Crippen LogP contribution in [0.15, 0.2) is 48.5 Å². The van der Waals surface area contributed by atoms with Crippen molar-refractivity contribution >= 4 is 24.0 Å². The molecule has 0 radical (unpaired) electrons. The van der Waals surface area contributed by atoms with E-state index < -0.39 is 5.82 Å². The van der Waals surface area contributed by atoms with Crippen LogP contribution in [0.4, 0.5) is 10.1 Å². The molecule has 3 N–H and O–H groups in total. The SMILES string of the molecule is Cl.N[C@@H]1CCC[C@H]1CC(=O)Nc1c(F)cccc1Oc1ccccc1. The minimum Gasteiger partial charge on any atom is -0.455 e. The number of para-hydroxylation sites is 2. The van der Waals surface area contributed by atoms with E-state index >= 15 is 0 Å². The molecule has 0 saturated heterocycles. The number of rotatable bonds is 5. The Hall–Kier alpha value is -2.11. The first-order valence-corrected chi connectivity index (χ1v) is 8.20. The number of carbonyl (C=O) groups excluding carboxylic acids is 1. The molecule has 134 valence electrons. The van der Waals surface area contributed by atoms with Crippen LogP contribution in [0.2, 0.25) is 0 Å². The van der Waals surface area contributed by atoms with Crippen molar-refractivity contribution in [2.24, 2.45) is 11.7 Å². The summed E-state index contributed by atoms with van der Waals surface area (Å²) in [6, 6.07) is 13.6. The molecule has 0 aromatic heterocycles. The van der Waals surface area contributed by atoms with Crippen LogP contribution in [0.3, 0.4) is 0 Å². The van der Waals surface area contributed by atoms with E-state index in [-0.39, 0.29) is 41.7 Å². The maximum Gasteiger partial charge on any atom is 0.224 e. The third-order valence-corrected chi connectivity index (χ3v) is 4.38. The summed E-state index contributed by atoms with van der Waals surface area (Å²) in [4.78, 5) is 12.3. The second-order valence-corrected chi connectivity index (χ2v) is 6.14. The lowest BCUT2D eigenvalue weighted by Crippen LogP contribution is -2.28. The molecule has 25 heavy (non-hydrogen) atoms. The van der Waals surface area contributed by atoms with Crippen LogP contribution in [0.1, 0.15) is 25.7 Å². The highest BCUT2D eigenvalue weighted by Crippen LogP contribution is 2.33. The topological polar surface area (TPSA) is 64.4 Å². The van der Waals surface area contributed by atoms with E-state index in [9.17, 15) is 9.18 Å². The molecule has 6 heteroatoms. The van der Waals surface area contributed by atoms with Gasteiger partial charge in [-0.05, 0) is 43.0 Å². The monoisotopic (exact) mass is 364 g/mol. The van der Waals surface area contributed by atoms with Gasteiger partial charge >= 0.3 is 0 Å². The quantitative estimate of drug-likeness (QED) is 0.821. The molecule has 0 heterocycles. The predicted molar refractivity (Wildman–Crippen MR) is 98.7 cm³/mol. The summed E-state index contributed by atoms with van der Waals surface area (Å²) in [5.41, 5.74) is 6.07. The normalized spacial score (nSPS) is 19.1. The molecular formula is C19H22ClFN2O2. The van der Waals surface area contributed by atoms with Crippen LogP contribution in [0, 0.1) is 11.7 Å². The van der Waals surface area contributed by atoms with Gasteiger partial charge in [0.25, 0.3) is 0 Å². The molecule has 1 aliphatic rings. The molecule has 2 atom stereocenters. The first-order chi connectivity index (χ1) is 11.6. The number of anilines is 1. The number of ether oxygens (including phenoxy) is 1. The van der Waals surface area contributed by atoms with Gasteiger partial charge in [-0.3, -0.25) is 4.79 Å². The van der Waals surface area contributed by atoms with Crippen LogP contribution in [-0.4, -0.2) is 11.9 Å². The van der Waals surface area contributed by atoms with E-state index in [4.69, 9.17) is 10.5 Å². The van der Waals surface area contributed by atoms with Gasteiger partial charge in [0.05, 0.1) is 0 Å². The summed E-state index contributed by atoms with van der Waals surface area (Å²) < 4.78 is 19.9. The third-order valence-electron chi connectivity index (χ3n) is 4.38. The molecule has 1 saturated carbocycles. The van der Waals surface area contributed by atoms with Gasteiger partial charge in [0.15, 0.2) is 11.6 Å². The zero-order chi connectivity index (χ0) is 16.9. The Labute approximate surface area is 153 Å². The van der Waals surface area contributed by atoms with Gasteiger partial charge in [-0.1, -0.05) is 30.7 Å². The number of benzene rings is 2. The van der Waals surface area contributed by atoms with Gasteiger partial charge in [-0.2, -0.15) is 0 Å². The number of amides is 1. The fourth-order valence-corrected chi connectivity index (χ4v) is 3.07. The van der Waals surface area contributed by atoms with Crippen LogP contribution in [-0.2, 0) is 4.79 Å². The fraction of sp³-hybridized carbons (Fsp3) is 0.316. The van der Waals surface area contributed by atoms with Crippen LogP contribution in [0.25, 0.3) is 0 Å². The molecule has 0 aliphatic heterocycles. The predicted octanol–water partition coefficient (Wildman–Crippen LogP) is 4.50. The average molecular weight is 365 g/mol. The van der Waals surface area contributed by atoms with Crippen LogP contribution < -0.4 is 15.8 Å². The highest BCUT2D eigenvalue weighted by atomic mass is 35.5. The standard InChI is InChI=1S/C19H21FN2O2.ClH/c20-15-9-5-11-17(24-14-7-2-1-3-8-14)19(15)22-18(23)12-13-6-4-10-16(13)21;/h1-3,5,7-9,11,13,16H,4,6,10,12,21H2,(H,22,23);1H/t13-,16+;/m0./s1. The first kappa shape index (κ1) is 19.2. The first-order valence-electron chi connectivity index (χ1n) is 8.20. The molecular weight excluding hydrogens is 343 g/mol. The van der Waals surface area contributed by atoms with Crippen molar-refractivity contribution in [2.45, 2.75) is 31.7 Å². The lowest BCUT2D eigenvalue weighted by Gasteiger charge is -2.16. The van der Waals surface area contributed by atoms with E-state index in [0.29, 0.717) is 12.2 Å². The van der Waals surface area contributed by atoms with E-state index in [2.05, 4.69) is 5.32 Å². The Bertz CT molecular complexity index is 712. The van der Waals surface area contributed by atoms with Gasteiger partial charge in [0.1, 0.15) is 11.4 Å². The molecule has 0 bridgehead atoms.